The Balaban J connectivity index is 2.11. The molecule has 7 heteroatoms. The predicted octanol–water partition coefficient (Wildman–Crippen LogP) is 3.30. The molecule has 0 radical (unpaired) electrons. The summed E-state index contributed by atoms with van der Waals surface area (Å²) in [6.45, 7) is 5.29. The zero-order valence-electron chi connectivity index (χ0n) is 15.9. The number of nitrogens with zero attached hydrogens (tertiary/aromatic N) is 1. The van der Waals surface area contributed by atoms with Crippen LogP contribution in [0, 0.1) is 13.8 Å². The van der Waals surface area contributed by atoms with Gasteiger partial charge in [0.25, 0.3) is 0 Å². The fourth-order valence-electron chi connectivity index (χ4n) is 2.64. The number of hydrogen-bond donors (Lipinski definition) is 1. The number of ketones is 1. The molecular weight excluding hydrogens is 364 g/mol. The number of amides is 1. The van der Waals surface area contributed by atoms with Gasteiger partial charge in [-0.3, -0.25) is 13.9 Å². The van der Waals surface area contributed by atoms with Crippen LogP contribution < -0.4 is 9.62 Å². The fraction of sp³-hybridized carbons (Fsp3) is 0.300. The molecule has 0 bridgehead atoms. The number of Topliss-reactive ketones (excluding diaryl/α,β-unsaturated/α-hetero) is 1. The first-order valence-corrected chi connectivity index (χ1v) is 10.4. The number of nitrogens with one attached hydrogen (secondary N) is 1. The second-order valence-electron chi connectivity index (χ2n) is 6.55. The Labute approximate surface area is 160 Å². The van der Waals surface area contributed by atoms with Crippen molar-refractivity contribution in [3.63, 3.8) is 0 Å². The van der Waals surface area contributed by atoms with Crippen LogP contribution in [0.25, 0.3) is 0 Å². The third kappa shape index (κ3) is 5.65. The van der Waals surface area contributed by atoms with E-state index in [1.807, 2.05) is 32.0 Å². The van der Waals surface area contributed by atoms with Gasteiger partial charge in [-0.2, -0.15) is 0 Å². The van der Waals surface area contributed by atoms with Gasteiger partial charge in [0.2, 0.25) is 15.9 Å². The summed E-state index contributed by atoms with van der Waals surface area (Å²) in [6.07, 6.45) is 1.10. The minimum Gasteiger partial charge on any atom is -0.326 e. The lowest BCUT2D eigenvalue weighted by atomic mass is 10.1. The molecule has 0 spiro atoms. The van der Waals surface area contributed by atoms with Gasteiger partial charge in [-0.05, 0) is 62.2 Å². The number of carbonyl (C=O) groups excluding carboxylic acids is 2. The van der Waals surface area contributed by atoms with Crippen molar-refractivity contribution in [1.29, 1.82) is 0 Å². The first-order valence-electron chi connectivity index (χ1n) is 8.54. The molecule has 0 aliphatic heterocycles. The number of aryl methyl sites for hydroxylation is 2. The summed E-state index contributed by atoms with van der Waals surface area (Å²) in [7, 11) is -3.57. The average Bonchev–Trinajstić information content (AvgIpc) is 2.57. The van der Waals surface area contributed by atoms with Crippen LogP contribution in [0.5, 0.6) is 0 Å². The molecule has 1 N–H and O–H groups in total. The number of benzene rings is 2. The lowest BCUT2D eigenvalue weighted by molar-refractivity contribution is -0.116. The standard InChI is InChI=1S/C20H24N2O4S/c1-14-5-6-15(2)19(13-14)21-20(24)11-12-22(27(4,25)26)18-9-7-17(8-10-18)16(3)23/h5-10,13H,11-12H2,1-4H3,(H,21,24). The molecule has 0 aliphatic carbocycles. The second-order valence-corrected chi connectivity index (χ2v) is 8.46. The highest BCUT2D eigenvalue weighted by molar-refractivity contribution is 7.92. The van der Waals surface area contributed by atoms with E-state index in [4.69, 9.17) is 0 Å². The molecular formula is C20H24N2O4S. The molecule has 0 fully saturated rings. The first kappa shape index (κ1) is 20.6. The van der Waals surface area contributed by atoms with Gasteiger partial charge in [0.15, 0.2) is 5.78 Å². The van der Waals surface area contributed by atoms with Crippen molar-refractivity contribution in [3.05, 3.63) is 59.2 Å². The van der Waals surface area contributed by atoms with Gasteiger partial charge in [0, 0.05) is 24.2 Å². The summed E-state index contributed by atoms with van der Waals surface area (Å²) in [4.78, 5) is 23.7. The molecule has 0 atom stereocenters. The summed E-state index contributed by atoms with van der Waals surface area (Å²) in [5.74, 6) is -0.363. The molecule has 2 aromatic rings. The van der Waals surface area contributed by atoms with E-state index >= 15 is 0 Å². The Bertz CT molecular complexity index is 950. The van der Waals surface area contributed by atoms with Gasteiger partial charge in [0.1, 0.15) is 0 Å². The molecule has 2 rings (SSSR count). The number of rotatable bonds is 7. The normalized spacial score (nSPS) is 11.1. The fourth-order valence-corrected chi connectivity index (χ4v) is 3.56. The predicted molar refractivity (Wildman–Crippen MR) is 108 cm³/mol. The summed E-state index contributed by atoms with van der Waals surface area (Å²) >= 11 is 0. The monoisotopic (exact) mass is 388 g/mol. The van der Waals surface area contributed by atoms with Crippen molar-refractivity contribution in [2.24, 2.45) is 0 Å². The van der Waals surface area contributed by atoms with Crippen LogP contribution in [-0.4, -0.2) is 32.9 Å². The Morgan fingerprint density at radius 2 is 1.67 bits per heavy atom. The third-order valence-electron chi connectivity index (χ3n) is 4.17. The molecule has 0 saturated carbocycles. The highest BCUT2D eigenvalue weighted by Crippen LogP contribution is 2.20. The zero-order chi connectivity index (χ0) is 20.2. The smallest absolute Gasteiger partial charge is 0.232 e. The second kappa shape index (κ2) is 8.35. The average molecular weight is 388 g/mol. The van der Waals surface area contributed by atoms with Crippen molar-refractivity contribution in [2.45, 2.75) is 27.2 Å². The lowest BCUT2D eigenvalue weighted by Crippen LogP contribution is -2.33. The minimum atomic E-state index is -3.57. The quantitative estimate of drug-likeness (QED) is 0.738. The van der Waals surface area contributed by atoms with E-state index in [1.54, 1.807) is 24.3 Å². The van der Waals surface area contributed by atoms with E-state index < -0.39 is 10.0 Å². The van der Waals surface area contributed by atoms with Crippen LogP contribution in [0.3, 0.4) is 0 Å². The van der Waals surface area contributed by atoms with Crippen LogP contribution in [0.1, 0.15) is 34.8 Å². The van der Waals surface area contributed by atoms with Crippen LogP contribution >= 0.6 is 0 Å². The maximum atomic E-state index is 12.3. The van der Waals surface area contributed by atoms with Crippen molar-refractivity contribution in [2.75, 3.05) is 22.4 Å². The molecule has 0 heterocycles. The van der Waals surface area contributed by atoms with Gasteiger partial charge in [-0.1, -0.05) is 12.1 Å². The highest BCUT2D eigenvalue weighted by atomic mass is 32.2. The van der Waals surface area contributed by atoms with Crippen molar-refractivity contribution in [1.82, 2.24) is 0 Å². The number of hydrogen-bond acceptors (Lipinski definition) is 4. The summed E-state index contributed by atoms with van der Waals surface area (Å²) < 4.78 is 25.5. The first-order chi connectivity index (χ1) is 12.6. The lowest BCUT2D eigenvalue weighted by Gasteiger charge is -2.22. The summed E-state index contributed by atoms with van der Waals surface area (Å²) in [6, 6.07) is 12.0. The van der Waals surface area contributed by atoms with Crippen LogP contribution in [-0.2, 0) is 14.8 Å². The number of sulfonamides is 1. The van der Waals surface area contributed by atoms with Crippen LogP contribution in [0.4, 0.5) is 11.4 Å². The van der Waals surface area contributed by atoms with E-state index in [0.717, 1.165) is 23.1 Å². The van der Waals surface area contributed by atoms with Crippen LogP contribution in [0.15, 0.2) is 42.5 Å². The number of anilines is 2. The van der Waals surface area contributed by atoms with Crippen molar-refractivity contribution >= 4 is 33.1 Å². The molecule has 6 nitrogen and oxygen atoms in total. The number of carbonyl (C=O) groups is 2. The maximum absolute atomic E-state index is 12.3. The summed E-state index contributed by atoms with van der Waals surface area (Å²) in [5, 5.41) is 2.83. The van der Waals surface area contributed by atoms with Gasteiger partial charge in [-0.25, -0.2) is 8.42 Å². The largest absolute Gasteiger partial charge is 0.326 e. The molecule has 0 unspecified atom stereocenters. The van der Waals surface area contributed by atoms with Gasteiger partial charge in [0.05, 0.1) is 11.9 Å². The summed E-state index contributed by atoms with van der Waals surface area (Å²) in [5.41, 5.74) is 3.60. The van der Waals surface area contributed by atoms with E-state index in [9.17, 15) is 18.0 Å². The van der Waals surface area contributed by atoms with Crippen molar-refractivity contribution in [3.8, 4) is 0 Å². The van der Waals surface area contributed by atoms with Crippen molar-refractivity contribution < 1.29 is 18.0 Å². The van der Waals surface area contributed by atoms with Gasteiger partial charge in [-0.15, -0.1) is 0 Å². The highest BCUT2D eigenvalue weighted by Gasteiger charge is 2.19. The molecule has 27 heavy (non-hydrogen) atoms. The van der Waals surface area contributed by atoms with Gasteiger partial charge >= 0.3 is 0 Å². The van der Waals surface area contributed by atoms with Crippen LogP contribution in [0.2, 0.25) is 0 Å². The minimum absolute atomic E-state index is 0.00884. The van der Waals surface area contributed by atoms with E-state index in [0.29, 0.717) is 11.3 Å². The zero-order valence-corrected chi connectivity index (χ0v) is 16.8. The molecule has 144 valence electrons. The Kier molecular flexibility index (Phi) is 6.38. The Morgan fingerprint density at radius 3 is 2.22 bits per heavy atom. The third-order valence-corrected chi connectivity index (χ3v) is 5.37. The van der Waals surface area contributed by atoms with E-state index in [-0.39, 0.29) is 24.7 Å². The van der Waals surface area contributed by atoms with E-state index in [1.165, 1.54) is 11.2 Å². The SMILES string of the molecule is CC(=O)c1ccc(N(CCC(=O)Nc2cc(C)ccc2C)S(C)(=O)=O)cc1. The van der Waals surface area contributed by atoms with E-state index in [2.05, 4.69) is 5.32 Å². The topological polar surface area (TPSA) is 83.6 Å². The van der Waals surface area contributed by atoms with Gasteiger partial charge < -0.3 is 5.32 Å². The molecule has 1 amide bonds. The molecule has 2 aromatic carbocycles. The Hall–Kier alpha value is -2.67. The molecule has 0 aliphatic rings. The maximum Gasteiger partial charge on any atom is 0.232 e. The molecule has 0 aromatic heterocycles. The molecule has 0 saturated heterocycles. The Morgan fingerprint density at radius 1 is 1.04 bits per heavy atom.